The maximum atomic E-state index is 10.1. The first-order valence-corrected chi connectivity index (χ1v) is 5.86. The largest absolute Gasteiger partial charge is 0.507 e. The van der Waals surface area contributed by atoms with Crippen LogP contribution in [0.15, 0.2) is 12.1 Å². The maximum Gasteiger partial charge on any atom is 0.122 e. The summed E-state index contributed by atoms with van der Waals surface area (Å²) in [5, 5.41) is 19.1. The van der Waals surface area contributed by atoms with E-state index in [-0.39, 0.29) is 12.0 Å². The molecule has 1 aromatic rings. The van der Waals surface area contributed by atoms with Gasteiger partial charge < -0.3 is 10.2 Å². The van der Waals surface area contributed by atoms with Gasteiger partial charge in [0.2, 0.25) is 0 Å². The Morgan fingerprint density at radius 2 is 1.88 bits per heavy atom. The van der Waals surface area contributed by atoms with E-state index in [0.29, 0.717) is 12.2 Å². The zero-order valence-corrected chi connectivity index (χ0v) is 10.7. The van der Waals surface area contributed by atoms with Crippen molar-refractivity contribution in [1.82, 2.24) is 0 Å². The molecule has 2 nitrogen and oxygen atoms in total. The second-order valence-electron chi connectivity index (χ2n) is 5.02. The number of aliphatic hydroxyl groups is 1. The average molecular weight is 222 g/mol. The van der Waals surface area contributed by atoms with Gasteiger partial charge >= 0.3 is 0 Å². The van der Waals surface area contributed by atoms with E-state index >= 15 is 0 Å². The molecule has 0 bridgehead atoms. The lowest BCUT2D eigenvalue weighted by atomic mass is 9.80. The number of rotatable bonds is 4. The SMILES string of the molecule is CCC(C)(C)c1cc(CCO)cc(C)c1O. The molecule has 0 aliphatic carbocycles. The molecule has 0 amide bonds. The van der Waals surface area contributed by atoms with Crippen LogP contribution >= 0.6 is 0 Å². The van der Waals surface area contributed by atoms with Crippen molar-refractivity contribution in [1.29, 1.82) is 0 Å². The molecule has 90 valence electrons. The van der Waals surface area contributed by atoms with E-state index in [1.165, 1.54) is 0 Å². The molecule has 1 rings (SSSR count). The highest BCUT2D eigenvalue weighted by Gasteiger charge is 2.23. The monoisotopic (exact) mass is 222 g/mol. The maximum absolute atomic E-state index is 10.1. The van der Waals surface area contributed by atoms with Gasteiger partial charge in [-0.15, -0.1) is 0 Å². The highest BCUT2D eigenvalue weighted by atomic mass is 16.3. The van der Waals surface area contributed by atoms with Crippen LogP contribution in [0.3, 0.4) is 0 Å². The topological polar surface area (TPSA) is 40.5 Å². The number of benzene rings is 1. The molecular weight excluding hydrogens is 200 g/mol. The van der Waals surface area contributed by atoms with Gasteiger partial charge in [-0.25, -0.2) is 0 Å². The van der Waals surface area contributed by atoms with Crippen LogP contribution in [-0.2, 0) is 11.8 Å². The molecular formula is C14H22O2. The summed E-state index contributed by atoms with van der Waals surface area (Å²) in [6.45, 7) is 8.43. The zero-order chi connectivity index (χ0) is 12.3. The van der Waals surface area contributed by atoms with Gasteiger partial charge in [-0.05, 0) is 36.3 Å². The van der Waals surface area contributed by atoms with E-state index in [4.69, 9.17) is 5.11 Å². The molecule has 0 atom stereocenters. The Bertz CT molecular complexity index is 367. The normalized spacial score (nSPS) is 11.8. The van der Waals surface area contributed by atoms with Crippen molar-refractivity contribution >= 4 is 0 Å². The lowest BCUT2D eigenvalue weighted by molar-refractivity contribution is 0.299. The second kappa shape index (κ2) is 4.88. The van der Waals surface area contributed by atoms with E-state index in [1.54, 1.807) is 0 Å². The van der Waals surface area contributed by atoms with Crippen LogP contribution in [0.25, 0.3) is 0 Å². The summed E-state index contributed by atoms with van der Waals surface area (Å²) >= 11 is 0. The second-order valence-corrected chi connectivity index (χ2v) is 5.02. The van der Waals surface area contributed by atoms with Gasteiger partial charge in [-0.1, -0.05) is 32.9 Å². The molecule has 16 heavy (non-hydrogen) atoms. The number of hydrogen-bond donors (Lipinski definition) is 2. The van der Waals surface area contributed by atoms with Crippen molar-refractivity contribution in [2.45, 2.75) is 46.0 Å². The number of phenols is 1. The third-order valence-corrected chi connectivity index (χ3v) is 3.37. The summed E-state index contributed by atoms with van der Waals surface area (Å²) in [6, 6.07) is 3.96. The molecule has 0 aliphatic heterocycles. The molecule has 2 N–H and O–H groups in total. The van der Waals surface area contributed by atoms with E-state index in [9.17, 15) is 5.11 Å². The summed E-state index contributed by atoms with van der Waals surface area (Å²) in [4.78, 5) is 0. The Morgan fingerprint density at radius 3 is 2.38 bits per heavy atom. The quantitative estimate of drug-likeness (QED) is 0.822. The Hall–Kier alpha value is -1.02. The third-order valence-electron chi connectivity index (χ3n) is 3.37. The summed E-state index contributed by atoms with van der Waals surface area (Å²) in [5.74, 6) is 0.397. The van der Waals surface area contributed by atoms with Gasteiger partial charge in [0.05, 0.1) is 0 Å². The standard InChI is InChI=1S/C14H22O2/c1-5-14(3,4)12-9-11(6-7-15)8-10(2)13(12)16/h8-9,15-16H,5-7H2,1-4H3. The molecule has 0 unspecified atom stereocenters. The fourth-order valence-corrected chi connectivity index (χ4v) is 1.83. The van der Waals surface area contributed by atoms with Crippen LogP contribution in [0.2, 0.25) is 0 Å². The summed E-state index contributed by atoms with van der Waals surface area (Å²) in [5.41, 5.74) is 2.94. The number of aryl methyl sites for hydroxylation is 1. The van der Waals surface area contributed by atoms with Gasteiger partial charge in [0, 0.05) is 12.2 Å². The minimum Gasteiger partial charge on any atom is -0.507 e. The van der Waals surface area contributed by atoms with Crippen LogP contribution in [0, 0.1) is 6.92 Å². The first-order chi connectivity index (χ1) is 7.42. The van der Waals surface area contributed by atoms with Crippen LogP contribution in [0.1, 0.15) is 43.9 Å². The fraction of sp³-hybridized carbons (Fsp3) is 0.571. The van der Waals surface area contributed by atoms with Crippen molar-refractivity contribution in [2.24, 2.45) is 0 Å². The number of hydrogen-bond acceptors (Lipinski definition) is 2. The van der Waals surface area contributed by atoms with E-state index in [0.717, 1.165) is 23.1 Å². The highest BCUT2D eigenvalue weighted by Crippen LogP contribution is 2.36. The van der Waals surface area contributed by atoms with Crippen molar-refractivity contribution in [3.05, 3.63) is 28.8 Å². The van der Waals surface area contributed by atoms with Gasteiger partial charge in [-0.2, -0.15) is 0 Å². The molecule has 0 radical (unpaired) electrons. The van der Waals surface area contributed by atoms with Gasteiger partial charge in [0.1, 0.15) is 5.75 Å². The molecule has 1 aromatic carbocycles. The zero-order valence-electron chi connectivity index (χ0n) is 10.7. The van der Waals surface area contributed by atoms with Crippen molar-refractivity contribution < 1.29 is 10.2 Å². The van der Waals surface area contributed by atoms with Crippen molar-refractivity contribution in [3.8, 4) is 5.75 Å². The lowest BCUT2D eigenvalue weighted by Gasteiger charge is -2.26. The minimum absolute atomic E-state index is 0.0275. The Kier molecular flexibility index (Phi) is 3.98. The molecule has 0 aromatic heterocycles. The highest BCUT2D eigenvalue weighted by molar-refractivity contribution is 5.46. The molecule has 0 spiro atoms. The predicted molar refractivity (Wildman–Crippen MR) is 67.0 cm³/mol. The number of aliphatic hydroxyl groups excluding tert-OH is 1. The summed E-state index contributed by atoms with van der Waals surface area (Å²) < 4.78 is 0. The first-order valence-electron chi connectivity index (χ1n) is 5.86. The lowest BCUT2D eigenvalue weighted by Crippen LogP contribution is -2.16. The van der Waals surface area contributed by atoms with E-state index in [2.05, 4.69) is 20.8 Å². The average Bonchev–Trinajstić information content (AvgIpc) is 2.23. The summed E-state index contributed by atoms with van der Waals surface area (Å²) in [6.07, 6.45) is 1.62. The van der Waals surface area contributed by atoms with Crippen molar-refractivity contribution in [2.75, 3.05) is 6.61 Å². The number of phenolic OH excluding ortho intramolecular Hbond substituents is 1. The van der Waals surface area contributed by atoms with Gasteiger partial charge in [0.15, 0.2) is 0 Å². The molecule has 0 saturated carbocycles. The minimum atomic E-state index is -0.0275. The third kappa shape index (κ3) is 2.56. The number of aromatic hydroxyl groups is 1. The molecule has 0 heterocycles. The Balaban J connectivity index is 3.26. The Labute approximate surface area is 97.9 Å². The Morgan fingerprint density at radius 1 is 1.25 bits per heavy atom. The van der Waals surface area contributed by atoms with Crippen molar-refractivity contribution in [3.63, 3.8) is 0 Å². The van der Waals surface area contributed by atoms with E-state index in [1.807, 2.05) is 19.1 Å². The van der Waals surface area contributed by atoms with Gasteiger partial charge in [-0.3, -0.25) is 0 Å². The molecule has 0 aliphatic rings. The van der Waals surface area contributed by atoms with E-state index < -0.39 is 0 Å². The fourth-order valence-electron chi connectivity index (χ4n) is 1.83. The van der Waals surface area contributed by atoms with Crippen LogP contribution in [-0.4, -0.2) is 16.8 Å². The first kappa shape index (κ1) is 13.0. The molecule has 0 saturated heterocycles. The molecule has 0 fully saturated rings. The van der Waals surface area contributed by atoms with Crippen LogP contribution in [0.4, 0.5) is 0 Å². The predicted octanol–water partition coefficient (Wildman–Crippen LogP) is 2.92. The van der Waals surface area contributed by atoms with Crippen LogP contribution in [0.5, 0.6) is 5.75 Å². The summed E-state index contributed by atoms with van der Waals surface area (Å²) in [7, 11) is 0. The molecule has 2 heteroatoms. The smallest absolute Gasteiger partial charge is 0.122 e. The van der Waals surface area contributed by atoms with Gasteiger partial charge in [0.25, 0.3) is 0 Å². The van der Waals surface area contributed by atoms with Crippen LogP contribution < -0.4 is 0 Å².